The van der Waals surface area contributed by atoms with Crippen molar-refractivity contribution in [1.29, 1.82) is 0 Å². The maximum Gasteiger partial charge on any atom is 0.242 e. The summed E-state index contributed by atoms with van der Waals surface area (Å²) in [6, 6.07) is 12.6. The Hall–Kier alpha value is -2.04. The molecule has 1 N–H and O–H groups in total. The molecule has 0 aliphatic rings. The number of unbranched alkanes of at least 4 members (excludes halogenated alkanes) is 1. The maximum atomic E-state index is 13.3. The minimum atomic E-state index is -0.548. The number of halogens is 2. The summed E-state index contributed by atoms with van der Waals surface area (Å²) < 4.78 is 0. The maximum absolute atomic E-state index is 13.3. The molecular weight excluding hydrogens is 419 g/mol. The number of hydrogen-bond donors (Lipinski definition) is 1. The van der Waals surface area contributed by atoms with Crippen LogP contribution >= 0.6 is 23.2 Å². The number of hydrogen-bond acceptors (Lipinski definition) is 2. The third-order valence-electron chi connectivity index (χ3n) is 5.16. The first-order chi connectivity index (χ1) is 14.4. The molecule has 0 aromatic heterocycles. The molecule has 162 valence electrons. The molecule has 0 aliphatic heterocycles. The standard InChI is InChI=1S/C24H30Cl2N2O2/c1-4-6-13-27-24(30)22(5-2)28(16-18-11-12-20(25)21(26)14-18)23(29)15-19-10-8-7-9-17(19)3/h7-12,14,22H,4-6,13,15-16H2,1-3H3,(H,27,30)/t22-/m1/s1. The molecule has 0 heterocycles. The van der Waals surface area contributed by atoms with Crippen LogP contribution in [0.4, 0.5) is 0 Å². The Kier molecular flexibility index (Phi) is 9.67. The average Bonchev–Trinajstić information content (AvgIpc) is 2.72. The SMILES string of the molecule is CCCCNC(=O)[C@@H](CC)N(Cc1ccc(Cl)c(Cl)c1)C(=O)Cc1ccccc1C. The van der Waals surface area contributed by atoms with E-state index in [1.165, 1.54) is 0 Å². The van der Waals surface area contributed by atoms with Crippen molar-refractivity contribution in [3.63, 3.8) is 0 Å². The van der Waals surface area contributed by atoms with Gasteiger partial charge < -0.3 is 10.2 Å². The molecule has 30 heavy (non-hydrogen) atoms. The van der Waals surface area contributed by atoms with Gasteiger partial charge in [-0.25, -0.2) is 0 Å². The van der Waals surface area contributed by atoms with Crippen molar-refractivity contribution in [1.82, 2.24) is 10.2 Å². The highest BCUT2D eigenvalue weighted by molar-refractivity contribution is 6.42. The third kappa shape index (κ3) is 6.75. The molecule has 6 heteroatoms. The molecule has 4 nitrogen and oxygen atoms in total. The summed E-state index contributed by atoms with van der Waals surface area (Å²) in [7, 11) is 0. The lowest BCUT2D eigenvalue weighted by Crippen LogP contribution is -2.49. The number of carbonyl (C=O) groups excluding carboxylic acids is 2. The summed E-state index contributed by atoms with van der Waals surface area (Å²) in [6.45, 7) is 6.89. The van der Waals surface area contributed by atoms with E-state index in [1.807, 2.05) is 44.2 Å². The smallest absolute Gasteiger partial charge is 0.242 e. The molecular formula is C24H30Cl2N2O2. The van der Waals surface area contributed by atoms with Crippen molar-refractivity contribution in [3.8, 4) is 0 Å². The highest BCUT2D eigenvalue weighted by Gasteiger charge is 2.28. The summed E-state index contributed by atoms with van der Waals surface area (Å²) in [6.07, 6.45) is 2.67. The molecule has 0 spiro atoms. The molecule has 2 rings (SSSR count). The van der Waals surface area contributed by atoms with Gasteiger partial charge in [0.1, 0.15) is 6.04 Å². The van der Waals surface area contributed by atoms with Gasteiger partial charge in [-0.15, -0.1) is 0 Å². The predicted octanol–water partition coefficient (Wildman–Crippen LogP) is 5.57. The van der Waals surface area contributed by atoms with E-state index >= 15 is 0 Å². The van der Waals surface area contributed by atoms with Crippen molar-refractivity contribution in [2.75, 3.05) is 6.54 Å². The molecule has 2 aromatic rings. The number of aryl methyl sites for hydroxylation is 1. The molecule has 2 aromatic carbocycles. The zero-order chi connectivity index (χ0) is 22.1. The molecule has 0 bridgehead atoms. The summed E-state index contributed by atoms with van der Waals surface area (Å²) in [4.78, 5) is 27.9. The van der Waals surface area contributed by atoms with E-state index in [1.54, 1.807) is 17.0 Å². The van der Waals surface area contributed by atoms with Crippen molar-refractivity contribution in [3.05, 3.63) is 69.2 Å². The Morgan fingerprint density at radius 3 is 2.43 bits per heavy atom. The first kappa shape index (κ1) is 24.2. The van der Waals surface area contributed by atoms with Crippen LogP contribution in [0.15, 0.2) is 42.5 Å². The number of nitrogens with one attached hydrogen (secondary N) is 1. The van der Waals surface area contributed by atoms with Crippen molar-refractivity contribution >= 4 is 35.0 Å². The first-order valence-electron chi connectivity index (χ1n) is 10.4. The number of rotatable bonds is 10. The summed E-state index contributed by atoms with van der Waals surface area (Å²) in [5, 5.41) is 3.86. The van der Waals surface area contributed by atoms with Crippen LogP contribution in [0.3, 0.4) is 0 Å². The zero-order valence-electron chi connectivity index (χ0n) is 17.9. The number of benzene rings is 2. The van der Waals surface area contributed by atoms with E-state index in [-0.39, 0.29) is 18.2 Å². The van der Waals surface area contributed by atoms with E-state index in [0.717, 1.165) is 29.5 Å². The topological polar surface area (TPSA) is 49.4 Å². The van der Waals surface area contributed by atoms with Crippen LogP contribution < -0.4 is 5.32 Å². The zero-order valence-corrected chi connectivity index (χ0v) is 19.4. The van der Waals surface area contributed by atoms with Gasteiger partial charge in [-0.05, 0) is 48.6 Å². The van der Waals surface area contributed by atoms with Gasteiger partial charge in [0.25, 0.3) is 0 Å². The molecule has 2 amide bonds. The fourth-order valence-electron chi connectivity index (χ4n) is 3.33. The van der Waals surface area contributed by atoms with Crippen molar-refractivity contribution in [2.24, 2.45) is 0 Å². The van der Waals surface area contributed by atoms with Crippen LogP contribution in [-0.2, 0) is 22.6 Å². The minimum Gasteiger partial charge on any atom is -0.354 e. The molecule has 0 fully saturated rings. The first-order valence-corrected chi connectivity index (χ1v) is 11.2. The van der Waals surface area contributed by atoms with Gasteiger partial charge in [0.05, 0.1) is 16.5 Å². The van der Waals surface area contributed by atoms with Gasteiger partial charge in [-0.1, -0.05) is 73.8 Å². The van der Waals surface area contributed by atoms with Gasteiger partial charge in [-0.2, -0.15) is 0 Å². The summed E-state index contributed by atoms with van der Waals surface area (Å²) in [5.74, 6) is -0.211. The Balaban J connectivity index is 2.29. The monoisotopic (exact) mass is 448 g/mol. The summed E-state index contributed by atoms with van der Waals surface area (Å²) in [5.41, 5.74) is 2.85. The van der Waals surface area contributed by atoms with Crippen LogP contribution in [0.25, 0.3) is 0 Å². The lowest BCUT2D eigenvalue weighted by molar-refractivity contribution is -0.140. The van der Waals surface area contributed by atoms with Crippen LogP contribution in [0, 0.1) is 6.92 Å². The lowest BCUT2D eigenvalue weighted by atomic mass is 10.0. The quantitative estimate of drug-likeness (QED) is 0.483. The molecule has 0 saturated heterocycles. The number of carbonyl (C=O) groups is 2. The number of nitrogens with zero attached hydrogens (tertiary/aromatic N) is 1. The largest absolute Gasteiger partial charge is 0.354 e. The fourth-order valence-corrected chi connectivity index (χ4v) is 3.65. The highest BCUT2D eigenvalue weighted by atomic mass is 35.5. The van der Waals surface area contributed by atoms with Crippen molar-refractivity contribution in [2.45, 2.75) is 59.0 Å². The highest BCUT2D eigenvalue weighted by Crippen LogP contribution is 2.24. The molecule has 0 unspecified atom stereocenters. The molecule has 0 radical (unpaired) electrons. The van der Waals surface area contributed by atoms with Crippen LogP contribution in [0.2, 0.25) is 10.0 Å². The second kappa shape index (κ2) is 12.0. The van der Waals surface area contributed by atoms with Crippen LogP contribution in [-0.4, -0.2) is 29.3 Å². The summed E-state index contributed by atoms with van der Waals surface area (Å²) >= 11 is 12.2. The fraction of sp³-hybridized carbons (Fsp3) is 0.417. The number of amides is 2. The lowest BCUT2D eigenvalue weighted by Gasteiger charge is -2.31. The Morgan fingerprint density at radius 2 is 1.80 bits per heavy atom. The Bertz CT molecular complexity index is 870. The van der Waals surface area contributed by atoms with Gasteiger partial charge >= 0.3 is 0 Å². The van der Waals surface area contributed by atoms with E-state index < -0.39 is 6.04 Å². The third-order valence-corrected chi connectivity index (χ3v) is 5.89. The van der Waals surface area contributed by atoms with E-state index in [2.05, 4.69) is 12.2 Å². The average molecular weight is 449 g/mol. The molecule has 0 aliphatic carbocycles. The van der Waals surface area contributed by atoms with Gasteiger partial charge in [-0.3, -0.25) is 9.59 Å². The van der Waals surface area contributed by atoms with Gasteiger partial charge in [0, 0.05) is 13.1 Å². The van der Waals surface area contributed by atoms with Gasteiger partial charge in [0.2, 0.25) is 11.8 Å². The van der Waals surface area contributed by atoms with Crippen LogP contribution in [0.1, 0.15) is 49.8 Å². The molecule has 0 saturated carbocycles. The van der Waals surface area contributed by atoms with E-state index in [4.69, 9.17) is 23.2 Å². The molecule has 1 atom stereocenters. The van der Waals surface area contributed by atoms with Gasteiger partial charge in [0.15, 0.2) is 0 Å². The normalized spacial score (nSPS) is 11.8. The van der Waals surface area contributed by atoms with E-state index in [9.17, 15) is 9.59 Å². The second-order valence-electron chi connectivity index (χ2n) is 7.44. The Labute approximate surface area is 189 Å². The minimum absolute atomic E-state index is 0.0899. The second-order valence-corrected chi connectivity index (χ2v) is 8.26. The Morgan fingerprint density at radius 1 is 1.07 bits per heavy atom. The van der Waals surface area contributed by atoms with E-state index in [0.29, 0.717) is 29.6 Å². The van der Waals surface area contributed by atoms with Crippen LogP contribution in [0.5, 0.6) is 0 Å². The van der Waals surface area contributed by atoms with Crippen molar-refractivity contribution < 1.29 is 9.59 Å². The predicted molar refractivity (Wildman–Crippen MR) is 124 cm³/mol.